The Morgan fingerprint density at radius 1 is 1.00 bits per heavy atom. The Morgan fingerprint density at radius 2 is 1.52 bits per heavy atom. The topological polar surface area (TPSA) is 59.0 Å². The summed E-state index contributed by atoms with van der Waals surface area (Å²) in [5.41, 5.74) is -0.437. The molecule has 1 saturated heterocycles. The van der Waals surface area contributed by atoms with Crippen molar-refractivity contribution in [3.05, 3.63) is 0 Å². The minimum atomic E-state index is -0.437. The van der Waals surface area contributed by atoms with Crippen LogP contribution in [0.15, 0.2) is 0 Å². The number of amides is 1. The lowest BCUT2D eigenvalue weighted by molar-refractivity contribution is -0.0697. The minimum absolute atomic E-state index is 0.140. The lowest BCUT2D eigenvalue weighted by Gasteiger charge is -2.36. The number of aliphatic hydroxyl groups excluding tert-OH is 1. The lowest BCUT2D eigenvalue weighted by atomic mass is 9.94. The largest absolute Gasteiger partial charge is 0.444 e. The maximum absolute atomic E-state index is 12.0. The molecule has 5 heteroatoms. The monoisotopic (exact) mass is 299 g/mol. The fourth-order valence-corrected chi connectivity index (χ4v) is 2.95. The van der Waals surface area contributed by atoms with Gasteiger partial charge in [-0.1, -0.05) is 0 Å². The van der Waals surface area contributed by atoms with Crippen LogP contribution in [0, 0.1) is 0 Å². The Labute approximate surface area is 127 Å². The molecule has 1 aliphatic heterocycles. The van der Waals surface area contributed by atoms with Crippen molar-refractivity contribution in [2.75, 3.05) is 13.1 Å². The highest BCUT2D eigenvalue weighted by Gasteiger charge is 2.29. The highest BCUT2D eigenvalue weighted by molar-refractivity contribution is 5.68. The maximum atomic E-state index is 12.0. The lowest BCUT2D eigenvalue weighted by Crippen LogP contribution is -2.44. The molecule has 122 valence electrons. The van der Waals surface area contributed by atoms with E-state index in [0.29, 0.717) is 13.1 Å². The van der Waals surface area contributed by atoms with Gasteiger partial charge >= 0.3 is 6.09 Å². The smallest absolute Gasteiger partial charge is 0.410 e. The van der Waals surface area contributed by atoms with Crippen LogP contribution in [-0.2, 0) is 9.47 Å². The Kier molecular flexibility index (Phi) is 5.49. The maximum Gasteiger partial charge on any atom is 0.410 e. The van der Waals surface area contributed by atoms with E-state index in [-0.39, 0.29) is 24.4 Å². The SMILES string of the molecule is CC(C)(C)OC(=O)N1CCC(OC2CCC(O)CC2)CC1. The molecule has 5 nitrogen and oxygen atoms in total. The highest BCUT2D eigenvalue weighted by atomic mass is 16.6. The normalized spacial score (nSPS) is 28.5. The first-order chi connectivity index (χ1) is 9.83. The predicted octanol–water partition coefficient (Wildman–Crippen LogP) is 2.71. The molecule has 0 radical (unpaired) electrons. The van der Waals surface area contributed by atoms with Gasteiger partial charge in [-0.15, -0.1) is 0 Å². The van der Waals surface area contributed by atoms with E-state index in [2.05, 4.69) is 0 Å². The van der Waals surface area contributed by atoms with E-state index in [1.54, 1.807) is 4.90 Å². The zero-order valence-corrected chi connectivity index (χ0v) is 13.5. The van der Waals surface area contributed by atoms with Crippen molar-refractivity contribution in [3.8, 4) is 0 Å². The van der Waals surface area contributed by atoms with Crippen molar-refractivity contribution in [3.63, 3.8) is 0 Å². The number of rotatable bonds is 2. The molecular weight excluding hydrogens is 270 g/mol. The molecule has 0 atom stereocenters. The van der Waals surface area contributed by atoms with Crippen LogP contribution in [0.4, 0.5) is 4.79 Å². The van der Waals surface area contributed by atoms with Gasteiger partial charge in [0.05, 0.1) is 18.3 Å². The zero-order chi connectivity index (χ0) is 15.5. The second kappa shape index (κ2) is 6.97. The van der Waals surface area contributed by atoms with Gasteiger partial charge in [-0.05, 0) is 59.3 Å². The zero-order valence-electron chi connectivity index (χ0n) is 13.5. The molecule has 1 aliphatic carbocycles. The molecule has 1 saturated carbocycles. The number of carbonyl (C=O) groups excluding carboxylic acids is 1. The molecule has 0 aromatic rings. The molecule has 0 aromatic carbocycles. The van der Waals surface area contributed by atoms with Gasteiger partial charge in [0.2, 0.25) is 0 Å². The van der Waals surface area contributed by atoms with Gasteiger partial charge in [-0.3, -0.25) is 0 Å². The fraction of sp³-hybridized carbons (Fsp3) is 0.938. The molecule has 2 rings (SSSR count). The van der Waals surface area contributed by atoms with Crippen LogP contribution in [-0.4, -0.2) is 53.1 Å². The number of likely N-dealkylation sites (tertiary alicyclic amines) is 1. The predicted molar refractivity (Wildman–Crippen MR) is 80.2 cm³/mol. The first kappa shape index (κ1) is 16.6. The quantitative estimate of drug-likeness (QED) is 0.851. The standard InChI is InChI=1S/C16H29NO4/c1-16(2,3)21-15(19)17-10-8-14(9-11-17)20-13-6-4-12(18)5-7-13/h12-14,18H,4-11H2,1-3H3. The van der Waals surface area contributed by atoms with Crippen LogP contribution in [0.3, 0.4) is 0 Å². The van der Waals surface area contributed by atoms with Gasteiger partial charge in [0, 0.05) is 13.1 Å². The molecular formula is C16H29NO4. The van der Waals surface area contributed by atoms with Crippen molar-refractivity contribution in [1.29, 1.82) is 0 Å². The number of hydrogen-bond acceptors (Lipinski definition) is 4. The van der Waals surface area contributed by atoms with Gasteiger partial charge < -0.3 is 19.5 Å². The number of hydrogen-bond donors (Lipinski definition) is 1. The number of nitrogens with zero attached hydrogens (tertiary/aromatic N) is 1. The van der Waals surface area contributed by atoms with Crippen molar-refractivity contribution in [2.45, 2.75) is 83.2 Å². The van der Waals surface area contributed by atoms with Crippen LogP contribution in [0.5, 0.6) is 0 Å². The summed E-state index contributed by atoms with van der Waals surface area (Å²) in [4.78, 5) is 13.8. The van der Waals surface area contributed by atoms with E-state index in [1.807, 2.05) is 20.8 Å². The van der Waals surface area contributed by atoms with E-state index in [9.17, 15) is 9.90 Å². The number of carbonyl (C=O) groups is 1. The van der Waals surface area contributed by atoms with Gasteiger partial charge in [-0.25, -0.2) is 4.79 Å². The number of piperidine rings is 1. The minimum Gasteiger partial charge on any atom is -0.444 e. The Bertz CT molecular complexity index is 337. The van der Waals surface area contributed by atoms with E-state index >= 15 is 0 Å². The first-order valence-electron chi connectivity index (χ1n) is 8.15. The molecule has 0 spiro atoms. The summed E-state index contributed by atoms with van der Waals surface area (Å²) >= 11 is 0. The van der Waals surface area contributed by atoms with Crippen molar-refractivity contribution in [1.82, 2.24) is 4.90 Å². The third-order valence-corrected chi connectivity index (χ3v) is 4.12. The van der Waals surface area contributed by atoms with Gasteiger partial charge in [0.1, 0.15) is 5.60 Å². The van der Waals surface area contributed by atoms with E-state index in [4.69, 9.17) is 9.47 Å². The molecule has 2 aliphatic rings. The van der Waals surface area contributed by atoms with E-state index in [1.165, 1.54) is 0 Å². The summed E-state index contributed by atoms with van der Waals surface area (Å²) in [5.74, 6) is 0. The number of aliphatic hydroxyl groups is 1. The van der Waals surface area contributed by atoms with Crippen molar-refractivity contribution >= 4 is 6.09 Å². The molecule has 1 heterocycles. The molecule has 0 aromatic heterocycles. The van der Waals surface area contributed by atoms with Gasteiger partial charge in [-0.2, -0.15) is 0 Å². The molecule has 1 amide bonds. The summed E-state index contributed by atoms with van der Waals surface area (Å²) in [6.07, 6.45) is 5.51. The van der Waals surface area contributed by atoms with Gasteiger partial charge in [0.15, 0.2) is 0 Å². The third-order valence-electron chi connectivity index (χ3n) is 4.12. The second-order valence-corrected chi connectivity index (χ2v) is 7.23. The van der Waals surface area contributed by atoms with Crippen molar-refractivity contribution < 1.29 is 19.4 Å². The summed E-state index contributed by atoms with van der Waals surface area (Å²) < 4.78 is 11.5. The Morgan fingerprint density at radius 3 is 2.05 bits per heavy atom. The van der Waals surface area contributed by atoms with Crippen LogP contribution >= 0.6 is 0 Å². The molecule has 21 heavy (non-hydrogen) atoms. The summed E-state index contributed by atoms with van der Waals surface area (Å²) in [6, 6.07) is 0. The van der Waals surface area contributed by atoms with Crippen LogP contribution in [0.2, 0.25) is 0 Å². The average molecular weight is 299 g/mol. The Hall–Kier alpha value is -0.810. The van der Waals surface area contributed by atoms with Crippen LogP contribution < -0.4 is 0 Å². The fourth-order valence-electron chi connectivity index (χ4n) is 2.95. The molecule has 0 bridgehead atoms. The first-order valence-corrected chi connectivity index (χ1v) is 8.15. The van der Waals surface area contributed by atoms with E-state index < -0.39 is 5.60 Å². The molecule has 2 fully saturated rings. The summed E-state index contributed by atoms with van der Waals surface area (Å²) in [5, 5.41) is 9.51. The summed E-state index contributed by atoms with van der Waals surface area (Å²) in [7, 11) is 0. The Balaban J connectivity index is 1.69. The highest BCUT2D eigenvalue weighted by Crippen LogP contribution is 2.25. The third kappa shape index (κ3) is 5.47. The molecule has 1 N–H and O–H groups in total. The molecule has 0 unspecified atom stereocenters. The summed E-state index contributed by atoms with van der Waals surface area (Å²) in [6.45, 7) is 7.07. The van der Waals surface area contributed by atoms with Crippen LogP contribution in [0.25, 0.3) is 0 Å². The van der Waals surface area contributed by atoms with Crippen LogP contribution in [0.1, 0.15) is 59.3 Å². The van der Waals surface area contributed by atoms with Gasteiger partial charge in [0.25, 0.3) is 0 Å². The number of ether oxygens (including phenoxy) is 2. The average Bonchev–Trinajstić information content (AvgIpc) is 2.40. The van der Waals surface area contributed by atoms with E-state index in [0.717, 1.165) is 38.5 Å². The van der Waals surface area contributed by atoms with Crippen molar-refractivity contribution in [2.24, 2.45) is 0 Å². The second-order valence-electron chi connectivity index (χ2n) is 7.23.